The van der Waals surface area contributed by atoms with Crippen LogP contribution in [0.5, 0.6) is 0 Å². The second-order valence-corrected chi connectivity index (χ2v) is 6.46. The molecule has 1 heterocycles. The molecule has 0 aliphatic rings. The zero-order valence-corrected chi connectivity index (χ0v) is 12.5. The van der Waals surface area contributed by atoms with Gasteiger partial charge in [-0.1, -0.05) is 13.8 Å². The Balaban J connectivity index is 2.39. The lowest BCUT2D eigenvalue weighted by atomic mass is 10.0. The molecule has 0 amide bonds. The summed E-state index contributed by atoms with van der Waals surface area (Å²) >= 11 is 1.80. The summed E-state index contributed by atoms with van der Waals surface area (Å²) in [6, 6.07) is 0.307. The number of rotatable bonds is 6. The van der Waals surface area contributed by atoms with Gasteiger partial charge in [0, 0.05) is 17.5 Å². The Morgan fingerprint density at radius 3 is 2.47 bits per heavy atom. The summed E-state index contributed by atoms with van der Waals surface area (Å²) in [4.78, 5) is 8.17. The summed E-state index contributed by atoms with van der Waals surface area (Å²) in [6.45, 7) is 10.6. The van der Waals surface area contributed by atoms with E-state index in [1.807, 2.05) is 0 Å². The van der Waals surface area contributed by atoms with Crippen molar-refractivity contribution in [3.63, 3.8) is 0 Å². The number of nitrogens with zero attached hydrogens (tertiary/aromatic N) is 2. The molecule has 1 aromatic heterocycles. The Morgan fingerprint density at radius 2 is 2.00 bits per heavy atom. The molecule has 17 heavy (non-hydrogen) atoms. The lowest BCUT2D eigenvalue weighted by molar-refractivity contribution is 0.298. The van der Waals surface area contributed by atoms with Gasteiger partial charge in [0.05, 0.1) is 10.7 Å². The average Bonchev–Trinajstić information content (AvgIpc) is 2.53. The molecule has 0 aromatic carbocycles. The third-order valence-corrected chi connectivity index (χ3v) is 4.17. The molecule has 0 fully saturated rings. The van der Waals surface area contributed by atoms with Gasteiger partial charge in [-0.2, -0.15) is 0 Å². The Bertz CT molecular complexity index is 346. The van der Waals surface area contributed by atoms with E-state index in [0.29, 0.717) is 12.0 Å². The molecule has 0 radical (unpaired) electrons. The number of hydrogen-bond donors (Lipinski definition) is 1. The highest BCUT2D eigenvalue weighted by molar-refractivity contribution is 7.11. The van der Waals surface area contributed by atoms with Gasteiger partial charge in [0.2, 0.25) is 0 Å². The van der Waals surface area contributed by atoms with Crippen molar-refractivity contribution in [1.29, 1.82) is 0 Å². The first-order valence-electron chi connectivity index (χ1n) is 6.27. The van der Waals surface area contributed by atoms with Crippen LogP contribution in [0.1, 0.15) is 35.8 Å². The van der Waals surface area contributed by atoms with E-state index in [4.69, 9.17) is 5.73 Å². The molecule has 0 spiro atoms. The zero-order valence-electron chi connectivity index (χ0n) is 11.7. The van der Waals surface area contributed by atoms with Crippen LogP contribution in [0.15, 0.2) is 0 Å². The molecule has 1 rings (SSSR count). The van der Waals surface area contributed by atoms with E-state index < -0.39 is 0 Å². The molecule has 0 saturated heterocycles. The van der Waals surface area contributed by atoms with Gasteiger partial charge in [-0.05, 0) is 39.8 Å². The molecule has 0 aliphatic heterocycles. The van der Waals surface area contributed by atoms with E-state index in [-0.39, 0.29) is 0 Å². The van der Waals surface area contributed by atoms with E-state index >= 15 is 0 Å². The Hall–Kier alpha value is -0.450. The lowest BCUT2D eigenvalue weighted by Gasteiger charge is -2.20. The second-order valence-electron chi connectivity index (χ2n) is 5.18. The zero-order chi connectivity index (χ0) is 13.0. The molecular formula is C13H25N3S. The van der Waals surface area contributed by atoms with Crippen LogP contribution in [0.4, 0.5) is 0 Å². The summed E-state index contributed by atoms with van der Waals surface area (Å²) in [7, 11) is 2.15. The van der Waals surface area contributed by atoms with Gasteiger partial charge in [-0.15, -0.1) is 11.3 Å². The van der Waals surface area contributed by atoms with Gasteiger partial charge < -0.3 is 10.6 Å². The molecular weight excluding hydrogens is 230 g/mol. The monoisotopic (exact) mass is 255 g/mol. The quantitative estimate of drug-likeness (QED) is 0.849. The smallest absolute Gasteiger partial charge is 0.0900 e. The summed E-state index contributed by atoms with van der Waals surface area (Å²) in [6.07, 6.45) is 1.06. The highest BCUT2D eigenvalue weighted by Crippen LogP contribution is 2.18. The molecule has 0 bridgehead atoms. The van der Waals surface area contributed by atoms with Crippen LogP contribution < -0.4 is 5.73 Å². The maximum absolute atomic E-state index is 6.06. The topological polar surface area (TPSA) is 42.2 Å². The average molecular weight is 255 g/mol. The fraction of sp³-hybridized carbons (Fsp3) is 0.769. The summed E-state index contributed by atoms with van der Waals surface area (Å²) in [5, 5.41) is 1.16. The van der Waals surface area contributed by atoms with Crippen molar-refractivity contribution in [3.8, 4) is 0 Å². The highest BCUT2D eigenvalue weighted by Gasteiger charge is 2.11. The Morgan fingerprint density at radius 1 is 1.35 bits per heavy atom. The van der Waals surface area contributed by atoms with E-state index in [0.717, 1.165) is 24.5 Å². The van der Waals surface area contributed by atoms with Crippen molar-refractivity contribution in [2.45, 2.75) is 46.7 Å². The van der Waals surface area contributed by atoms with Gasteiger partial charge in [-0.3, -0.25) is 0 Å². The number of aromatic nitrogens is 1. The molecule has 2 N–H and O–H groups in total. The fourth-order valence-corrected chi connectivity index (χ4v) is 2.76. The molecule has 1 unspecified atom stereocenters. The lowest BCUT2D eigenvalue weighted by Crippen LogP contribution is -2.31. The molecule has 0 aliphatic carbocycles. The Labute approximate surface area is 109 Å². The third kappa shape index (κ3) is 4.74. The van der Waals surface area contributed by atoms with Crippen molar-refractivity contribution in [3.05, 3.63) is 15.6 Å². The van der Waals surface area contributed by atoms with Crippen molar-refractivity contribution in [1.82, 2.24) is 9.88 Å². The van der Waals surface area contributed by atoms with Gasteiger partial charge >= 0.3 is 0 Å². The van der Waals surface area contributed by atoms with Crippen molar-refractivity contribution >= 4 is 11.3 Å². The maximum Gasteiger partial charge on any atom is 0.0900 e. The number of thiazole rings is 1. The van der Waals surface area contributed by atoms with Crippen molar-refractivity contribution < 1.29 is 0 Å². The second kappa shape index (κ2) is 6.47. The van der Waals surface area contributed by atoms with Crippen molar-refractivity contribution in [2.24, 2.45) is 11.7 Å². The first-order chi connectivity index (χ1) is 7.90. The van der Waals surface area contributed by atoms with Crippen LogP contribution in [0.2, 0.25) is 0 Å². The summed E-state index contributed by atoms with van der Waals surface area (Å²) < 4.78 is 0. The molecule has 4 heteroatoms. The number of hydrogen-bond acceptors (Lipinski definition) is 4. The summed E-state index contributed by atoms with van der Waals surface area (Å²) in [5.41, 5.74) is 7.23. The maximum atomic E-state index is 6.06. The molecule has 0 saturated carbocycles. The van der Waals surface area contributed by atoms with Gasteiger partial charge in [0.1, 0.15) is 0 Å². The van der Waals surface area contributed by atoms with E-state index in [9.17, 15) is 0 Å². The van der Waals surface area contributed by atoms with E-state index in [1.165, 1.54) is 10.6 Å². The molecule has 1 atom stereocenters. The molecule has 98 valence electrons. The minimum absolute atomic E-state index is 0.307. The molecule has 3 nitrogen and oxygen atoms in total. The van der Waals surface area contributed by atoms with Gasteiger partial charge in [0.25, 0.3) is 0 Å². The first kappa shape index (κ1) is 14.6. The standard InChI is InChI=1S/C13H25N3S/c1-9(2)12(14)6-7-16(5)8-13-10(3)15-11(4)17-13/h9,12H,6-8,14H2,1-5H3. The van der Waals surface area contributed by atoms with Crippen LogP contribution in [-0.2, 0) is 6.54 Å². The van der Waals surface area contributed by atoms with Crippen LogP contribution in [-0.4, -0.2) is 29.5 Å². The van der Waals surface area contributed by atoms with Crippen LogP contribution >= 0.6 is 11.3 Å². The van der Waals surface area contributed by atoms with E-state index in [2.05, 4.69) is 44.6 Å². The fourth-order valence-electron chi connectivity index (χ4n) is 1.75. The minimum Gasteiger partial charge on any atom is -0.327 e. The third-order valence-electron chi connectivity index (χ3n) is 3.11. The first-order valence-corrected chi connectivity index (χ1v) is 7.08. The SMILES string of the molecule is Cc1nc(C)c(CN(C)CCC(N)C(C)C)s1. The largest absolute Gasteiger partial charge is 0.327 e. The van der Waals surface area contributed by atoms with Gasteiger partial charge in [-0.25, -0.2) is 4.98 Å². The minimum atomic E-state index is 0.307. The highest BCUT2D eigenvalue weighted by atomic mass is 32.1. The summed E-state index contributed by atoms with van der Waals surface area (Å²) in [5.74, 6) is 0.566. The van der Waals surface area contributed by atoms with Crippen LogP contribution in [0.25, 0.3) is 0 Å². The van der Waals surface area contributed by atoms with E-state index in [1.54, 1.807) is 11.3 Å². The van der Waals surface area contributed by atoms with Crippen LogP contribution in [0.3, 0.4) is 0 Å². The van der Waals surface area contributed by atoms with Crippen LogP contribution in [0, 0.1) is 19.8 Å². The Kier molecular flexibility index (Phi) is 5.56. The predicted molar refractivity (Wildman–Crippen MR) is 75.4 cm³/mol. The number of aryl methyl sites for hydroxylation is 2. The molecule has 1 aromatic rings. The predicted octanol–water partition coefficient (Wildman–Crippen LogP) is 2.57. The number of nitrogens with two attached hydrogens (primary N) is 1. The van der Waals surface area contributed by atoms with Gasteiger partial charge in [0.15, 0.2) is 0 Å². The normalized spacial score (nSPS) is 13.6. The van der Waals surface area contributed by atoms with Crippen molar-refractivity contribution in [2.75, 3.05) is 13.6 Å².